The van der Waals surface area contributed by atoms with E-state index in [2.05, 4.69) is 49.9 Å². The van der Waals surface area contributed by atoms with Crippen molar-refractivity contribution in [3.63, 3.8) is 0 Å². The maximum atomic E-state index is 5.89. The highest BCUT2D eigenvalue weighted by Crippen LogP contribution is 2.18. The number of ether oxygens (including phenoxy) is 1. The summed E-state index contributed by atoms with van der Waals surface area (Å²) in [6.07, 6.45) is 3.15. The summed E-state index contributed by atoms with van der Waals surface area (Å²) in [7, 11) is 0. The van der Waals surface area contributed by atoms with Crippen LogP contribution < -0.4 is 10.1 Å². The van der Waals surface area contributed by atoms with Gasteiger partial charge in [0.2, 0.25) is 5.88 Å². The molecule has 0 radical (unpaired) electrons. The van der Waals surface area contributed by atoms with Gasteiger partial charge in [-0.3, -0.25) is 0 Å². The summed E-state index contributed by atoms with van der Waals surface area (Å²) in [5, 5.41) is 3.30. The van der Waals surface area contributed by atoms with Crippen LogP contribution in [0.5, 0.6) is 5.88 Å². The van der Waals surface area contributed by atoms with Crippen molar-refractivity contribution in [3.05, 3.63) is 11.9 Å². The summed E-state index contributed by atoms with van der Waals surface area (Å²) in [5.74, 6) is 2.87. The Hall–Kier alpha value is -1.32. The van der Waals surface area contributed by atoms with Gasteiger partial charge < -0.3 is 10.1 Å². The average Bonchev–Trinajstić information content (AvgIpc) is 2.36. The highest BCUT2D eigenvalue weighted by atomic mass is 16.5. The van der Waals surface area contributed by atoms with Crippen LogP contribution in [0.3, 0.4) is 0 Å². The van der Waals surface area contributed by atoms with Crippen LogP contribution in [0.15, 0.2) is 6.07 Å². The molecule has 4 nitrogen and oxygen atoms in total. The van der Waals surface area contributed by atoms with Crippen LogP contribution in [0.25, 0.3) is 0 Å². The Bertz CT molecular complexity index is 380. The van der Waals surface area contributed by atoms with E-state index in [0.717, 1.165) is 37.4 Å². The first-order valence-corrected chi connectivity index (χ1v) is 7.35. The van der Waals surface area contributed by atoms with Gasteiger partial charge >= 0.3 is 0 Å². The second-order valence-corrected chi connectivity index (χ2v) is 5.25. The zero-order valence-corrected chi connectivity index (χ0v) is 12.9. The van der Waals surface area contributed by atoms with Crippen LogP contribution in [0.2, 0.25) is 0 Å². The molecule has 0 aliphatic rings. The number of nitrogens with zero attached hydrogens (tertiary/aromatic N) is 2. The van der Waals surface area contributed by atoms with Gasteiger partial charge in [-0.2, -0.15) is 4.98 Å². The van der Waals surface area contributed by atoms with E-state index < -0.39 is 0 Å². The first-order valence-electron chi connectivity index (χ1n) is 7.35. The number of rotatable bonds is 8. The lowest BCUT2D eigenvalue weighted by Gasteiger charge is -2.18. The fourth-order valence-electron chi connectivity index (χ4n) is 1.54. The van der Waals surface area contributed by atoms with Crippen molar-refractivity contribution in [1.82, 2.24) is 9.97 Å². The topological polar surface area (TPSA) is 47.0 Å². The van der Waals surface area contributed by atoms with E-state index in [0.29, 0.717) is 11.8 Å². The van der Waals surface area contributed by atoms with E-state index in [9.17, 15) is 0 Å². The number of hydrogen-bond acceptors (Lipinski definition) is 4. The standard InChI is InChI=1S/C15H27N3O/c1-6-8-13-17-14(16-9-7-2)10-15(18-13)19-12(5)11(3)4/h10-12H,6-9H2,1-5H3,(H,16,17,18). The third kappa shape index (κ3) is 5.45. The smallest absolute Gasteiger partial charge is 0.218 e. The first kappa shape index (κ1) is 15.7. The Kier molecular flexibility index (Phi) is 6.60. The molecule has 1 aromatic heterocycles. The molecule has 0 amide bonds. The zero-order valence-electron chi connectivity index (χ0n) is 12.9. The van der Waals surface area contributed by atoms with E-state index in [-0.39, 0.29) is 6.10 Å². The molecule has 4 heteroatoms. The second kappa shape index (κ2) is 7.97. The number of anilines is 1. The van der Waals surface area contributed by atoms with Crippen molar-refractivity contribution in [2.75, 3.05) is 11.9 Å². The van der Waals surface area contributed by atoms with Crippen LogP contribution in [0.4, 0.5) is 5.82 Å². The Morgan fingerprint density at radius 1 is 1.16 bits per heavy atom. The molecule has 0 saturated carbocycles. The monoisotopic (exact) mass is 265 g/mol. The molecule has 0 spiro atoms. The third-order valence-corrected chi connectivity index (χ3v) is 3.02. The lowest BCUT2D eigenvalue weighted by atomic mass is 10.1. The van der Waals surface area contributed by atoms with Crippen LogP contribution in [-0.4, -0.2) is 22.6 Å². The number of nitrogens with one attached hydrogen (secondary N) is 1. The Labute approximate surface area is 117 Å². The molecular weight excluding hydrogens is 238 g/mol. The van der Waals surface area contributed by atoms with Crippen LogP contribution >= 0.6 is 0 Å². The van der Waals surface area contributed by atoms with E-state index in [1.807, 2.05) is 6.07 Å². The van der Waals surface area contributed by atoms with Gasteiger partial charge in [0.25, 0.3) is 0 Å². The molecule has 1 N–H and O–H groups in total. The Morgan fingerprint density at radius 3 is 2.47 bits per heavy atom. The number of aryl methyl sites for hydroxylation is 1. The van der Waals surface area contributed by atoms with E-state index >= 15 is 0 Å². The fraction of sp³-hybridized carbons (Fsp3) is 0.733. The van der Waals surface area contributed by atoms with E-state index in [4.69, 9.17) is 4.74 Å². The van der Waals surface area contributed by atoms with Crippen molar-refractivity contribution in [2.45, 2.75) is 60.0 Å². The van der Waals surface area contributed by atoms with Crippen molar-refractivity contribution in [2.24, 2.45) is 5.92 Å². The summed E-state index contributed by atoms with van der Waals surface area (Å²) < 4.78 is 5.89. The average molecular weight is 265 g/mol. The third-order valence-electron chi connectivity index (χ3n) is 3.02. The summed E-state index contributed by atoms with van der Waals surface area (Å²) in [5.41, 5.74) is 0. The van der Waals surface area contributed by atoms with Gasteiger partial charge in [-0.25, -0.2) is 4.98 Å². The molecule has 0 saturated heterocycles. The Morgan fingerprint density at radius 2 is 1.89 bits per heavy atom. The summed E-state index contributed by atoms with van der Waals surface area (Å²) in [4.78, 5) is 8.99. The molecule has 0 fully saturated rings. The van der Waals surface area contributed by atoms with Gasteiger partial charge in [0.15, 0.2) is 0 Å². The minimum Gasteiger partial charge on any atom is -0.474 e. The van der Waals surface area contributed by atoms with Crippen molar-refractivity contribution < 1.29 is 4.74 Å². The molecule has 1 heterocycles. The first-order chi connectivity index (χ1) is 9.06. The molecule has 0 aromatic carbocycles. The van der Waals surface area contributed by atoms with Gasteiger partial charge in [0.05, 0.1) is 6.10 Å². The van der Waals surface area contributed by atoms with Crippen molar-refractivity contribution >= 4 is 5.82 Å². The van der Waals surface area contributed by atoms with Crippen LogP contribution in [-0.2, 0) is 6.42 Å². The van der Waals surface area contributed by atoms with Crippen molar-refractivity contribution in [1.29, 1.82) is 0 Å². The van der Waals surface area contributed by atoms with Gasteiger partial charge in [0.1, 0.15) is 11.6 Å². The van der Waals surface area contributed by atoms with Crippen LogP contribution in [0, 0.1) is 5.92 Å². The zero-order chi connectivity index (χ0) is 14.3. The summed E-state index contributed by atoms with van der Waals surface area (Å²) >= 11 is 0. The summed E-state index contributed by atoms with van der Waals surface area (Å²) in [6, 6.07) is 1.90. The SMILES string of the molecule is CCCNc1cc(OC(C)C(C)C)nc(CCC)n1. The predicted molar refractivity (Wildman–Crippen MR) is 79.7 cm³/mol. The highest BCUT2D eigenvalue weighted by molar-refractivity contribution is 5.38. The minimum absolute atomic E-state index is 0.156. The number of aromatic nitrogens is 2. The maximum absolute atomic E-state index is 5.89. The molecule has 1 aromatic rings. The maximum Gasteiger partial charge on any atom is 0.218 e. The molecule has 1 rings (SSSR count). The molecule has 0 aliphatic carbocycles. The fourth-order valence-corrected chi connectivity index (χ4v) is 1.54. The molecule has 1 unspecified atom stereocenters. The van der Waals surface area contributed by atoms with E-state index in [1.165, 1.54) is 0 Å². The molecule has 1 atom stereocenters. The largest absolute Gasteiger partial charge is 0.474 e. The lowest BCUT2D eigenvalue weighted by molar-refractivity contribution is 0.163. The van der Waals surface area contributed by atoms with Crippen LogP contribution in [0.1, 0.15) is 53.3 Å². The molecule has 0 bridgehead atoms. The molecule has 19 heavy (non-hydrogen) atoms. The predicted octanol–water partition coefficient (Wildman–Crippen LogP) is 3.67. The highest BCUT2D eigenvalue weighted by Gasteiger charge is 2.11. The minimum atomic E-state index is 0.156. The Balaban J connectivity index is 2.85. The van der Waals surface area contributed by atoms with Gasteiger partial charge in [0, 0.05) is 19.0 Å². The van der Waals surface area contributed by atoms with Gasteiger partial charge in [-0.05, 0) is 25.7 Å². The van der Waals surface area contributed by atoms with E-state index in [1.54, 1.807) is 0 Å². The quantitative estimate of drug-likeness (QED) is 0.779. The number of hydrogen-bond donors (Lipinski definition) is 1. The molecule has 0 aliphatic heterocycles. The van der Waals surface area contributed by atoms with Gasteiger partial charge in [-0.15, -0.1) is 0 Å². The second-order valence-electron chi connectivity index (χ2n) is 5.25. The van der Waals surface area contributed by atoms with Crippen molar-refractivity contribution in [3.8, 4) is 5.88 Å². The van der Waals surface area contributed by atoms with Gasteiger partial charge in [-0.1, -0.05) is 27.7 Å². The molecule has 108 valence electrons. The molecular formula is C15H27N3O. The normalized spacial score (nSPS) is 12.5. The lowest BCUT2D eigenvalue weighted by Crippen LogP contribution is -2.20. The summed E-state index contributed by atoms with van der Waals surface area (Å²) in [6.45, 7) is 11.6.